The first kappa shape index (κ1) is 21.3. The van der Waals surface area contributed by atoms with Crippen LogP contribution in [0.1, 0.15) is 5.56 Å². The quantitative estimate of drug-likeness (QED) is 0.589. The monoisotopic (exact) mass is 423 g/mol. The number of hydrogen-bond acceptors (Lipinski definition) is 5. The van der Waals surface area contributed by atoms with Crippen molar-refractivity contribution in [2.75, 3.05) is 76.4 Å². The first-order valence-electron chi connectivity index (χ1n) is 11.0. The molecule has 0 aliphatic carbocycles. The first-order chi connectivity index (χ1) is 15.3. The lowest BCUT2D eigenvalue weighted by Crippen LogP contribution is -2.52. The highest BCUT2D eigenvalue weighted by atomic mass is 16.5. The van der Waals surface area contributed by atoms with Crippen molar-refractivity contribution in [1.82, 2.24) is 10.2 Å². The summed E-state index contributed by atoms with van der Waals surface area (Å²) in [6.45, 7) is 8.01. The van der Waals surface area contributed by atoms with Crippen LogP contribution in [-0.2, 0) is 11.3 Å². The van der Waals surface area contributed by atoms with Crippen LogP contribution >= 0.6 is 0 Å². The van der Waals surface area contributed by atoms with Gasteiger partial charge in [-0.1, -0.05) is 24.3 Å². The van der Waals surface area contributed by atoms with Crippen LogP contribution < -0.4 is 19.9 Å². The number of methoxy groups -OCH3 is 1. The Bertz CT molecular complexity index is 874. The molecule has 2 aliphatic heterocycles. The second-order valence-electron chi connectivity index (χ2n) is 7.80. The molecular weight excluding hydrogens is 390 g/mol. The van der Waals surface area contributed by atoms with E-state index in [2.05, 4.69) is 61.4 Å². The molecule has 2 fully saturated rings. The molecule has 2 aliphatic rings. The van der Waals surface area contributed by atoms with Gasteiger partial charge in [-0.25, -0.2) is 0 Å². The molecule has 2 aromatic carbocycles. The number of guanidine groups is 1. The summed E-state index contributed by atoms with van der Waals surface area (Å²) in [5.74, 6) is 1.86. The van der Waals surface area contributed by atoms with Crippen molar-refractivity contribution in [3.05, 3.63) is 54.1 Å². The van der Waals surface area contributed by atoms with Gasteiger partial charge in [0.2, 0.25) is 0 Å². The van der Waals surface area contributed by atoms with Gasteiger partial charge in [-0.3, -0.25) is 4.99 Å². The Morgan fingerprint density at radius 1 is 0.968 bits per heavy atom. The molecule has 2 aromatic rings. The van der Waals surface area contributed by atoms with Crippen molar-refractivity contribution in [3.63, 3.8) is 0 Å². The molecule has 4 rings (SSSR count). The highest BCUT2D eigenvalue weighted by Gasteiger charge is 2.21. The summed E-state index contributed by atoms with van der Waals surface area (Å²) >= 11 is 0. The van der Waals surface area contributed by atoms with Crippen LogP contribution in [0.15, 0.2) is 53.5 Å². The van der Waals surface area contributed by atoms with Gasteiger partial charge >= 0.3 is 0 Å². The fourth-order valence-corrected chi connectivity index (χ4v) is 4.26. The molecule has 7 nitrogen and oxygen atoms in total. The highest BCUT2D eigenvalue weighted by Crippen LogP contribution is 2.23. The van der Waals surface area contributed by atoms with E-state index in [1.807, 2.05) is 19.2 Å². The predicted molar refractivity (Wildman–Crippen MR) is 126 cm³/mol. The van der Waals surface area contributed by atoms with Crippen LogP contribution in [0.3, 0.4) is 0 Å². The number of piperazine rings is 1. The van der Waals surface area contributed by atoms with E-state index in [1.54, 1.807) is 7.11 Å². The van der Waals surface area contributed by atoms with Crippen LogP contribution in [0.4, 0.5) is 11.4 Å². The van der Waals surface area contributed by atoms with Gasteiger partial charge in [-0.05, 0) is 23.8 Å². The van der Waals surface area contributed by atoms with Gasteiger partial charge in [0, 0.05) is 70.3 Å². The van der Waals surface area contributed by atoms with Crippen molar-refractivity contribution in [2.45, 2.75) is 6.54 Å². The smallest absolute Gasteiger partial charge is 0.194 e. The van der Waals surface area contributed by atoms with E-state index in [1.165, 1.54) is 16.9 Å². The number of ether oxygens (including phenoxy) is 2. The molecular formula is C24H33N5O2. The maximum absolute atomic E-state index is 5.52. The van der Waals surface area contributed by atoms with Gasteiger partial charge in [0.05, 0.1) is 20.3 Å². The van der Waals surface area contributed by atoms with Gasteiger partial charge in [0.15, 0.2) is 5.96 Å². The van der Waals surface area contributed by atoms with E-state index in [0.29, 0.717) is 0 Å². The molecule has 166 valence electrons. The number of rotatable bonds is 5. The number of benzene rings is 2. The maximum Gasteiger partial charge on any atom is 0.194 e. The van der Waals surface area contributed by atoms with Gasteiger partial charge < -0.3 is 29.5 Å². The third-order valence-electron chi connectivity index (χ3n) is 5.99. The number of aliphatic imine (C=N–C) groups is 1. The minimum absolute atomic E-state index is 0.760. The Labute approximate surface area is 185 Å². The first-order valence-corrected chi connectivity index (χ1v) is 11.0. The minimum atomic E-state index is 0.760. The van der Waals surface area contributed by atoms with E-state index >= 15 is 0 Å². The fraction of sp³-hybridized carbons (Fsp3) is 0.458. The number of hydrogen-bond donors (Lipinski definition) is 1. The topological polar surface area (TPSA) is 52.6 Å². The van der Waals surface area contributed by atoms with Crippen molar-refractivity contribution in [2.24, 2.45) is 4.99 Å². The standard InChI is InChI=1S/C24H33N5O2/c1-25-24(26-19-20-6-3-4-9-23(20)28-14-16-31-17-15-28)29-12-10-27(11-13-29)21-7-5-8-22(18-21)30-2/h3-9,18H,10-17,19H2,1-2H3,(H,25,26). The Morgan fingerprint density at radius 3 is 2.48 bits per heavy atom. The summed E-state index contributed by atoms with van der Waals surface area (Å²) in [6, 6.07) is 16.9. The highest BCUT2D eigenvalue weighted by molar-refractivity contribution is 5.80. The zero-order chi connectivity index (χ0) is 21.5. The number of nitrogens with zero attached hydrogens (tertiary/aromatic N) is 4. The average molecular weight is 424 g/mol. The zero-order valence-electron chi connectivity index (χ0n) is 18.6. The van der Waals surface area contributed by atoms with E-state index in [9.17, 15) is 0 Å². The second kappa shape index (κ2) is 10.4. The molecule has 7 heteroatoms. The van der Waals surface area contributed by atoms with Crippen LogP contribution in [0.5, 0.6) is 5.75 Å². The molecule has 0 aromatic heterocycles. The summed E-state index contributed by atoms with van der Waals surface area (Å²) in [6.07, 6.45) is 0. The molecule has 1 N–H and O–H groups in total. The Hall–Kier alpha value is -2.93. The molecule has 0 spiro atoms. The molecule has 2 saturated heterocycles. The molecule has 0 bridgehead atoms. The molecule has 0 unspecified atom stereocenters. The van der Waals surface area contributed by atoms with Crippen LogP contribution in [0.2, 0.25) is 0 Å². The third kappa shape index (κ3) is 5.22. The summed E-state index contributed by atoms with van der Waals surface area (Å²) in [4.78, 5) is 11.7. The average Bonchev–Trinajstić information content (AvgIpc) is 2.85. The van der Waals surface area contributed by atoms with Gasteiger partial charge in [0.1, 0.15) is 5.75 Å². The van der Waals surface area contributed by atoms with Crippen molar-refractivity contribution in [1.29, 1.82) is 0 Å². The number of anilines is 2. The zero-order valence-corrected chi connectivity index (χ0v) is 18.6. The SMILES string of the molecule is CN=C(NCc1ccccc1N1CCOCC1)N1CCN(c2cccc(OC)c2)CC1. The van der Waals surface area contributed by atoms with Crippen LogP contribution in [-0.4, -0.2) is 77.5 Å². The number of para-hydroxylation sites is 1. The Balaban J connectivity index is 1.35. The van der Waals surface area contributed by atoms with Gasteiger partial charge in [-0.15, -0.1) is 0 Å². The summed E-state index contributed by atoms with van der Waals surface area (Å²) < 4.78 is 10.9. The van der Waals surface area contributed by atoms with Crippen molar-refractivity contribution in [3.8, 4) is 5.75 Å². The molecule has 0 saturated carbocycles. The predicted octanol–water partition coefficient (Wildman–Crippen LogP) is 2.43. The maximum atomic E-state index is 5.52. The molecule has 31 heavy (non-hydrogen) atoms. The largest absolute Gasteiger partial charge is 0.497 e. The molecule has 2 heterocycles. The van der Waals surface area contributed by atoms with Gasteiger partial charge in [0.25, 0.3) is 0 Å². The summed E-state index contributed by atoms with van der Waals surface area (Å²) in [5, 5.41) is 3.59. The molecule has 0 radical (unpaired) electrons. The lowest BCUT2D eigenvalue weighted by molar-refractivity contribution is 0.122. The Kier molecular flexibility index (Phi) is 7.14. The summed E-state index contributed by atoms with van der Waals surface area (Å²) in [5.41, 5.74) is 3.79. The molecule has 0 atom stereocenters. The Morgan fingerprint density at radius 2 is 1.74 bits per heavy atom. The number of nitrogens with one attached hydrogen (secondary N) is 1. The van der Waals surface area contributed by atoms with Crippen molar-refractivity contribution < 1.29 is 9.47 Å². The third-order valence-corrected chi connectivity index (χ3v) is 5.99. The van der Waals surface area contributed by atoms with Crippen LogP contribution in [0.25, 0.3) is 0 Å². The normalized spacial score (nSPS) is 17.6. The summed E-state index contributed by atoms with van der Waals surface area (Å²) in [7, 11) is 3.58. The minimum Gasteiger partial charge on any atom is -0.497 e. The van der Waals surface area contributed by atoms with E-state index in [0.717, 1.165) is 70.7 Å². The van der Waals surface area contributed by atoms with Gasteiger partial charge in [-0.2, -0.15) is 0 Å². The number of morpholine rings is 1. The van der Waals surface area contributed by atoms with E-state index < -0.39 is 0 Å². The molecule has 0 amide bonds. The van der Waals surface area contributed by atoms with E-state index in [-0.39, 0.29) is 0 Å². The fourth-order valence-electron chi connectivity index (χ4n) is 4.26. The lowest BCUT2D eigenvalue weighted by atomic mass is 10.1. The van der Waals surface area contributed by atoms with Crippen molar-refractivity contribution >= 4 is 17.3 Å². The van der Waals surface area contributed by atoms with Crippen LogP contribution in [0, 0.1) is 0 Å². The second-order valence-corrected chi connectivity index (χ2v) is 7.80. The van der Waals surface area contributed by atoms with E-state index in [4.69, 9.17) is 9.47 Å². The lowest BCUT2D eigenvalue weighted by Gasteiger charge is -2.38.